The number of aromatic nitrogens is 1. The first kappa shape index (κ1) is 25.1. The first-order valence-corrected chi connectivity index (χ1v) is 12.0. The average molecular weight is 506 g/mol. The zero-order valence-corrected chi connectivity index (χ0v) is 20.1. The summed E-state index contributed by atoms with van der Waals surface area (Å²) >= 11 is 6.01. The summed E-state index contributed by atoms with van der Waals surface area (Å²) in [6, 6.07) is 12.7. The minimum atomic E-state index is -4.42. The molecular formula is C26H27ClF3N3O2. The van der Waals surface area contributed by atoms with Crippen LogP contribution in [0.1, 0.15) is 36.5 Å². The molecule has 1 unspecified atom stereocenters. The molecule has 2 aromatic carbocycles. The van der Waals surface area contributed by atoms with E-state index in [1.165, 1.54) is 17.0 Å². The summed E-state index contributed by atoms with van der Waals surface area (Å²) in [5, 5.41) is 0.318. The molecule has 1 fully saturated rings. The third kappa shape index (κ3) is 6.17. The normalized spacial score (nSPS) is 14.7. The van der Waals surface area contributed by atoms with Crippen molar-refractivity contribution >= 4 is 34.3 Å². The number of alkyl halides is 4. The summed E-state index contributed by atoms with van der Waals surface area (Å²) in [6.07, 6.45) is -0.305. The van der Waals surface area contributed by atoms with Crippen LogP contribution in [0, 0.1) is 0 Å². The van der Waals surface area contributed by atoms with Gasteiger partial charge in [-0.05, 0) is 55.5 Å². The van der Waals surface area contributed by atoms with Crippen molar-refractivity contribution in [2.75, 3.05) is 13.1 Å². The minimum absolute atomic E-state index is 0.00851. The molecule has 2 amide bonds. The fourth-order valence-electron chi connectivity index (χ4n) is 4.15. The Labute approximate surface area is 206 Å². The molecule has 35 heavy (non-hydrogen) atoms. The Balaban J connectivity index is 1.53. The fraction of sp³-hybridized carbons (Fsp3) is 0.385. The zero-order valence-electron chi connectivity index (χ0n) is 19.3. The molecule has 0 aliphatic heterocycles. The molecule has 0 saturated heterocycles. The van der Waals surface area contributed by atoms with Crippen LogP contribution >= 0.6 is 11.6 Å². The highest BCUT2D eigenvalue weighted by Gasteiger charge is 2.36. The molecule has 4 rings (SSSR count). The number of fused-ring (bicyclic) bond motifs is 1. The van der Waals surface area contributed by atoms with Crippen LogP contribution in [0.25, 0.3) is 10.9 Å². The third-order valence-electron chi connectivity index (χ3n) is 6.25. The number of carbonyl (C=O) groups excluding carboxylic acids is 2. The predicted octanol–water partition coefficient (Wildman–Crippen LogP) is 5.38. The number of amides is 2. The number of nitrogens with zero attached hydrogens (tertiary/aromatic N) is 2. The third-order valence-corrected chi connectivity index (χ3v) is 6.44. The van der Waals surface area contributed by atoms with E-state index in [1.807, 2.05) is 30.5 Å². The number of hydrogen-bond acceptors (Lipinski definition) is 2. The van der Waals surface area contributed by atoms with Gasteiger partial charge in [-0.3, -0.25) is 9.59 Å². The maximum atomic E-state index is 13.4. The summed E-state index contributed by atoms with van der Waals surface area (Å²) in [5.74, 6) is -0.545. The number of halogens is 4. The molecule has 1 aromatic heterocycles. The summed E-state index contributed by atoms with van der Waals surface area (Å²) in [4.78, 5) is 32.3. The summed E-state index contributed by atoms with van der Waals surface area (Å²) in [5.41, 5.74) is 1.87. The lowest BCUT2D eigenvalue weighted by molar-refractivity contribution is -0.141. The van der Waals surface area contributed by atoms with Crippen LogP contribution in [0.15, 0.2) is 54.7 Å². The highest BCUT2D eigenvalue weighted by atomic mass is 35.5. The van der Waals surface area contributed by atoms with Gasteiger partial charge >= 0.3 is 6.18 Å². The number of hydrogen-bond donors (Lipinski definition) is 1. The van der Waals surface area contributed by atoms with E-state index >= 15 is 0 Å². The molecule has 0 spiro atoms. The maximum absolute atomic E-state index is 13.4. The molecule has 1 saturated carbocycles. The minimum Gasteiger partial charge on any atom is -0.361 e. The topological polar surface area (TPSA) is 56.4 Å². The Bertz CT molecular complexity index is 1190. The van der Waals surface area contributed by atoms with Gasteiger partial charge in [-0.1, -0.05) is 30.3 Å². The Kier molecular flexibility index (Phi) is 7.40. The smallest absolute Gasteiger partial charge is 0.361 e. The van der Waals surface area contributed by atoms with Gasteiger partial charge in [0.15, 0.2) is 0 Å². The van der Waals surface area contributed by atoms with E-state index in [2.05, 4.69) is 4.98 Å². The molecular weight excluding hydrogens is 479 g/mol. The number of para-hydroxylation sites is 1. The van der Waals surface area contributed by atoms with Crippen molar-refractivity contribution in [1.29, 1.82) is 0 Å². The molecule has 3 aromatic rings. The van der Waals surface area contributed by atoms with E-state index in [0.29, 0.717) is 18.5 Å². The maximum Gasteiger partial charge on any atom is 0.416 e. The molecule has 1 atom stereocenters. The number of aromatic amines is 1. The van der Waals surface area contributed by atoms with Crippen molar-refractivity contribution in [3.05, 3.63) is 71.4 Å². The number of carbonyl (C=O) groups is 2. The second-order valence-corrected chi connectivity index (χ2v) is 9.59. The first-order valence-electron chi connectivity index (χ1n) is 11.6. The van der Waals surface area contributed by atoms with Gasteiger partial charge in [0, 0.05) is 36.2 Å². The van der Waals surface area contributed by atoms with Crippen LogP contribution in [0.2, 0.25) is 0 Å². The lowest BCUT2D eigenvalue weighted by Gasteiger charge is -2.28. The molecule has 9 heteroatoms. The molecule has 1 aliphatic carbocycles. The summed E-state index contributed by atoms with van der Waals surface area (Å²) < 4.78 is 38.9. The second kappa shape index (κ2) is 10.3. The number of benzene rings is 2. The Morgan fingerprint density at radius 2 is 1.80 bits per heavy atom. The Morgan fingerprint density at radius 1 is 1.11 bits per heavy atom. The van der Waals surface area contributed by atoms with Crippen molar-refractivity contribution in [2.45, 2.75) is 50.3 Å². The Hall–Kier alpha value is -3.00. The van der Waals surface area contributed by atoms with Crippen molar-refractivity contribution in [1.82, 2.24) is 14.8 Å². The van der Waals surface area contributed by atoms with Crippen LogP contribution in [0.5, 0.6) is 0 Å². The largest absolute Gasteiger partial charge is 0.416 e. The van der Waals surface area contributed by atoms with Crippen molar-refractivity contribution in [2.24, 2.45) is 0 Å². The second-order valence-electron chi connectivity index (χ2n) is 8.93. The standard InChI is InChI=1S/C26H27ClF3N3O2/c1-17(27)25(35)33(21-10-11-21)16-24(34)32(15-18-6-8-20(9-7-18)26(28,29)30)13-12-19-14-31-23-5-3-2-4-22(19)23/h2-9,14,17,21,31H,10-13,15-16H2,1H3. The molecule has 1 heterocycles. The van der Waals surface area contributed by atoms with Crippen molar-refractivity contribution < 1.29 is 22.8 Å². The molecule has 186 valence electrons. The highest BCUT2D eigenvalue weighted by Crippen LogP contribution is 2.30. The zero-order chi connectivity index (χ0) is 25.2. The van der Waals surface area contributed by atoms with Gasteiger partial charge in [0.2, 0.25) is 11.8 Å². The van der Waals surface area contributed by atoms with Gasteiger partial charge in [-0.15, -0.1) is 11.6 Å². The number of nitrogens with one attached hydrogen (secondary N) is 1. The van der Waals surface area contributed by atoms with Crippen LogP contribution in [-0.2, 0) is 28.7 Å². The van der Waals surface area contributed by atoms with E-state index in [9.17, 15) is 22.8 Å². The molecule has 1 aliphatic rings. The predicted molar refractivity (Wildman–Crippen MR) is 129 cm³/mol. The summed E-state index contributed by atoms with van der Waals surface area (Å²) in [7, 11) is 0. The SMILES string of the molecule is CC(Cl)C(=O)N(CC(=O)N(CCc1c[nH]c2ccccc12)Cc1ccc(C(F)(F)F)cc1)C1CC1. The van der Waals surface area contributed by atoms with Gasteiger partial charge in [0.05, 0.1) is 5.56 Å². The lowest BCUT2D eigenvalue weighted by atomic mass is 10.1. The van der Waals surface area contributed by atoms with Crippen LogP contribution in [0.4, 0.5) is 13.2 Å². The highest BCUT2D eigenvalue weighted by molar-refractivity contribution is 6.30. The quantitative estimate of drug-likeness (QED) is 0.397. The molecule has 0 radical (unpaired) electrons. The van der Waals surface area contributed by atoms with Gasteiger partial charge < -0.3 is 14.8 Å². The van der Waals surface area contributed by atoms with Crippen LogP contribution in [-0.4, -0.2) is 51.1 Å². The number of H-pyrrole nitrogens is 1. The lowest BCUT2D eigenvalue weighted by Crippen LogP contribution is -2.46. The van der Waals surface area contributed by atoms with Gasteiger partial charge in [-0.25, -0.2) is 0 Å². The summed E-state index contributed by atoms with van der Waals surface area (Å²) in [6.45, 7) is 1.98. The first-order chi connectivity index (χ1) is 16.6. The van der Waals surface area contributed by atoms with Gasteiger partial charge in [0.25, 0.3) is 0 Å². The molecule has 0 bridgehead atoms. The van der Waals surface area contributed by atoms with Gasteiger partial charge in [0.1, 0.15) is 11.9 Å². The molecule has 5 nitrogen and oxygen atoms in total. The molecule has 1 N–H and O–H groups in total. The van der Waals surface area contributed by atoms with E-state index in [1.54, 1.807) is 11.8 Å². The van der Waals surface area contributed by atoms with Crippen molar-refractivity contribution in [3.63, 3.8) is 0 Å². The van der Waals surface area contributed by atoms with E-state index < -0.39 is 17.1 Å². The van der Waals surface area contributed by atoms with E-state index in [0.717, 1.165) is 41.4 Å². The fourth-order valence-corrected chi connectivity index (χ4v) is 4.28. The monoisotopic (exact) mass is 505 g/mol. The van der Waals surface area contributed by atoms with E-state index in [-0.39, 0.29) is 30.9 Å². The van der Waals surface area contributed by atoms with Crippen molar-refractivity contribution in [3.8, 4) is 0 Å². The van der Waals surface area contributed by atoms with Crippen LogP contribution in [0.3, 0.4) is 0 Å². The van der Waals surface area contributed by atoms with Gasteiger partial charge in [-0.2, -0.15) is 13.2 Å². The van der Waals surface area contributed by atoms with Crippen LogP contribution < -0.4 is 0 Å². The number of rotatable bonds is 9. The average Bonchev–Trinajstić information content (AvgIpc) is 3.59. The Morgan fingerprint density at radius 3 is 2.43 bits per heavy atom. The van der Waals surface area contributed by atoms with E-state index in [4.69, 9.17) is 11.6 Å².